The average molecular weight is 363 g/mol. The maximum atomic E-state index is 12.0. The summed E-state index contributed by atoms with van der Waals surface area (Å²) in [6.07, 6.45) is 9.19. The van der Waals surface area contributed by atoms with Gasteiger partial charge in [-0.2, -0.15) is 0 Å². The van der Waals surface area contributed by atoms with Crippen molar-refractivity contribution in [3.8, 4) is 16.3 Å². The van der Waals surface area contributed by atoms with E-state index in [0.717, 1.165) is 33.9 Å². The Balaban J connectivity index is 1.36. The molecule has 4 rings (SSSR count). The van der Waals surface area contributed by atoms with Crippen LogP contribution in [0, 0.1) is 0 Å². The van der Waals surface area contributed by atoms with E-state index in [4.69, 9.17) is 4.74 Å². The molecule has 0 saturated heterocycles. The Hall–Kier alpha value is -2.99. The van der Waals surface area contributed by atoms with Crippen molar-refractivity contribution in [1.82, 2.24) is 15.3 Å². The molecule has 1 aromatic carbocycles. The molecule has 1 unspecified atom stereocenters. The number of amides is 1. The number of rotatable bonds is 5. The minimum absolute atomic E-state index is 0.0654. The third-order valence-corrected chi connectivity index (χ3v) is 4.94. The largest absolute Gasteiger partial charge is 0.487 e. The quantitative estimate of drug-likeness (QED) is 0.706. The Morgan fingerprint density at radius 1 is 1.27 bits per heavy atom. The summed E-state index contributed by atoms with van der Waals surface area (Å²) in [5.74, 6) is 0.746. The lowest BCUT2D eigenvalue weighted by molar-refractivity contribution is -0.116. The number of aromatic nitrogens is 2. The molecule has 26 heavy (non-hydrogen) atoms. The highest BCUT2D eigenvalue weighted by atomic mass is 32.1. The molecule has 0 fully saturated rings. The molecule has 1 N–H and O–H groups in total. The molecule has 1 amide bonds. The minimum atomic E-state index is -0.137. The number of pyridine rings is 1. The average Bonchev–Trinajstić information content (AvgIpc) is 3.34. The zero-order chi connectivity index (χ0) is 17.8. The van der Waals surface area contributed by atoms with Crippen LogP contribution in [-0.4, -0.2) is 28.5 Å². The Morgan fingerprint density at radius 3 is 2.96 bits per heavy atom. The Bertz CT molecular complexity index is 923. The van der Waals surface area contributed by atoms with Crippen LogP contribution in [0.15, 0.2) is 60.4 Å². The molecule has 1 aliphatic heterocycles. The minimum Gasteiger partial charge on any atom is -0.487 e. The predicted molar refractivity (Wildman–Crippen MR) is 102 cm³/mol. The first-order chi connectivity index (χ1) is 12.8. The maximum Gasteiger partial charge on any atom is 0.244 e. The summed E-state index contributed by atoms with van der Waals surface area (Å²) in [4.78, 5) is 20.3. The van der Waals surface area contributed by atoms with E-state index in [-0.39, 0.29) is 12.0 Å². The second kappa shape index (κ2) is 7.49. The van der Waals surface area contributed by atoms with Crippen LogP contribution in [-0.2, 0) is 11.2 Å². The van der Waals surface area contributed by atoms with Gasteiger partial charge < -0.3 is 10.1 Å². The number of hydrogen-bond acceptors (Lipinski definition) is 5. The Kier molecular flexibility index (Phi) is 4.75. The number of carbonyl (C=O) groups excluding carboxylic acids is 1. The van der Waals surface area contributed by atoms with Crippen LogP contribution >= 0.6 is 11.3 Å². The van der Waals surface area contributed by atoms with Crippen molar-refractivity contribution < 1.29 is 9.53 Å². The van der Waals surface area contributed by atoms with E-state index in [1.807, 2.05) is 29.6 Å². The molecule has 3 aromatic rings. The van der Waals surface area contributed by atoms with E-state index < -0.39 is 0 Å². The zero-order valence-corrected chi connectivity index (χ0v) is 14.8. The van der Waals surface area contributed by atoms with E-state index in [1.165, 1.54) is 6.08 Å². The standard InChI is InChI=1S/C20H17N3O2S/c24-18(5-4-14-6-8-21-9-7-14)23-13-16-12-15-2-1-3-17(19(15)25-16)20-22-10-11-26-20/h1-11,16H,12-13H2,(H,23,24)/b5-4+. The molecule has 5 nitrogen and oxygen atoms in total. The fourth-order valence-corrected chi connectivity index (χ4v) is 3.56. The SMILES string of the molecule is O=C(/C=C/c1ccncc1)NCC1Cc2cccc(-c3nccs3)c2O1. The number of hydrogen-bond donors (Lipinski definition) is 1. The highest BCUT2D eigenvalue weighted by Gasteiger charge is 2.26. The third-order valence-electron chi connectivity index (χ3n) is 4.13. The molecule has 3 heterocycles. The fourth-order valence-electron chi connectivity index (χ4n) is 2.90. The van der Waals surface area contributed by atoms with E-state index in [1.54, 1.807) is 36.0 Å². The predicted octanol–water partition coefficient (Wildman–Crippen LogP) is 3.34. The number of fused-ring (bicyclic) bond motifs is 1. The van der Waals surface area contributed by atoms with Gasteiger partial charge in [0.05, 0.1) is 12.1 Å². The van der Waals surface area contributed by atoms with Crippen LogP contribution in [0.1, 0.15) is 11.1 Å². The number of benzene rings is 1. The van der Waals surface area contributed by atoms with Crippen molar-refractivity contribution in [2.24, 2.45) is 0 Å². The van der Waals surface area contributed by atoms with Gasteiger partial charge in [0, 0.05) is 36.5 Å². The van der Waals surface area contributed by atoms with Crippen molar-refractivity contribution in [2.75, 3.05) is 6.54 Å². The number of thiazole rings is 1. The van der Waals surface area contributed by atoms with Crippen LogP contribution < -0.4 is 10.1 Å². The summed E-state index contributed by atoms with van der Waals surface area (Å²) in [5.41, 5.74) is 3.11. The number of nitrogens with one attached hydrogen (secondary N) is 1. The van der Waals surface area contributed by atoms with Gasteiger partial charge in [-0.25, -0.2) is 4.98 Å². The summed E-state index contributed by atoms with van der Waals surface area (Å²) in [6, 6.07) is 9.81. The molecule has 0 radical (unpaired) electrons. The van der Waals surface area contributed by atoms with Gasteiger partial charge in [0.1, 0.15) is 16.9 Å². The second-order valence-corrected chi connectivity index (χ2v) is 6.83. The van der Waals surface area contributed by atoms with Gasteiger partial charge in [0.2, 0.25) is 5.91 Å². The molecular weight excluding hydrogens is 346 g/mol. The summed E-state index contributed by atoms with van der Waals surface area (Å²) < 4.78 is 6.09. The lowest BCUT2D eigenvalue weighted by Gasteiger charge is -2.12. The highest BCUT2D eigenvalue weighted by Crippen LogP contribution is 2.39. The molecule has 0 saturated carbocycles. The highest BCUT2D eigenvalue weighted by molar-refractivity contribution is 7.13. The first-order valence-electron chi connectivity index (χ1n) is 8.34. The molecule has 1 atom stereocenters. The Morgan fingerprint density at radius 2 is 2.15 bits per heavy atom. The molecule has 0 spiro atoms. The molecule has 1 aliphatic rings. The maximum absolute atomic E-state index is 12.0. The molecule has 0 aliphatic carbocycles. The van der Waals surface area contributed by atoms with Gasteiger partial charge in [0.15, 0.2) is 0 Å². The van der Waals surface area contributed by atoms with Gasteiger partial charge in [-0.05, 0) is 35.4 Å². The van der Waals surface area contributed by atoms with E-state index in [9.17, 15) is 4.79 Å². The van der Waals surface area contributed by atoms with Crippen molar-refractivity contribution in [3.63, 3.8) is 0 Å². The number of ether oxygens (including phenoxy) is 1. The molecule has 6 heteroatoms. The van der Waals surface area contributed by atoms with Gasteiger partial charge in [-0.3, -0.25) is 9.78 Å². The summed E-state index contributed by atoms with van der Waals surface area (Å²) >= 11 is 1.59. The molecule has 2 aromatic heterocycles. The van der Waals surface area contributed by atoms with Crippen LogP contribution in [0.3, 0.4) is 0 Å². The van der Waals surface area contributed by atoms with E-state index in [0.29, 0.717) is 6.54 Å². The van der Waals surface area contributed by atoms with Gasteiger partial charge in [-0.1, -0.05) is 12.1 Å². The van der Waals surface area contributed by atoms with Crippen molar-refractivity contribution in [3.05, 3.63) is 71.5 Å². The summed E-state index contributed by atoms with van der Waals surface area (Å²) in [5, 5.41) is 5.81. The monoisotopic (exact) mass is 363 g/mol. The molecular formula is C20H17N3O2S. The Labute approximate surface area is 155 Å². The summed E-state index contributed by atoms with van der Waals surface area (Å²) in [6.45, 7) is 0.464. The van der Waals surface area contributed by atoms with Crippen LogP contribution in [0.5, 0.6) is 5.75 Å². The number of para-hydroxylation sites is 1. The molecule has 0 bridgehead atoms. The van der Waals surface area contributed by atoms with Gasteiger partial charge in [0.25, 0.3) is 0 Å². The summed E-state index contributed by atoms with van der Waals surface area (Å²) in [7, 11) is 0. The number of nitrogens with zero attached hydrogens (tertiary/aromatic N) is 2. The van der Waals surface area contributed by atoms with Crippen LogP contribution in [0.4, 0.5) is 0 Å². The van der Waals surface area contributed by atoms with E-state index in [2.05, 4.69) is 21.4 Å². The second-order valence-electron chi connectivity index (χ2n) is 5.93. The topological polar surface area (TPSA) is 64.1 Å². The zero-order valence-electron chi connectivity index (χ0n) is 14.0. The van der Waals surface area contributed by atoms with Crippen LogP contribution in [0.25, 0.3) is 16.6 Å². The lowest BCUT2D eigenvalue weighted by atomic mass is 10.1. The number of carbonyl (C=O) groups is 1. The fraction of sp³-hybridized carbons (Fsp3) is 0.150. The smallest absolute Gasteiger partial charge is 0.244 e. The van der Waals surface area contributed by atoms with Gasteiger partial charge >= 0.3 is 0 Å². The normalized spacial score (nSPS) is 15.6. The first kappa shape index (κ1) is 16.5. The van der Waals surface area contributed by atoms with Crippen LogP contribution in [0.2, 0.25) is 0 Å². The van der Waals surface area contributed by atoms with Crippen molar-refractivity contribution in [2.45, 2.75) is 12.5 Å². The van der Waals surface area contributed by atoms with E-state index >= 15 is 0 Å². The third kappa shape index (κ3) is 3.65. The van der Waals surface area contributed by atoms with Crippen molar-refractivity contribution in [1.29, 1.82) is 0 Å². The lowest BCUT2D eigenvalue weighted by Crippen LogP contribution is -2.33. The first-order valence-corrected chi connectivity index (χ1v) is 9.22. The molecule has 130 valence electrons. The van der Waals surface area contributed by atoms with Gasteiger partial charge in [-0.15, -0.1) is 11.3 Å². The van der Waals surface area contributed by atoms with Crippen molar-refractivity contribution >= 4 is 23.3 Å².